The Bertz CT molecular complexity index is 781. The molecule has 132 valence electrons. The quantitative estimate of drug-likeness (QED) is 0.845. The molecule has 2 N–H and O–H groups in total. The highest BCUT2D eigenvalue weighted by Crippen LogP contribution is 2.13. The lowest BCUT2D eigenvalue weighted by Gasteiger charge is -2.16. The number of carbonyl (C=O) groups is 2. The van der Waals surface area contributed by atoms with E-state index < -0.39 is 11.6 Å². The van der Waals surface area contributed by atoms with Crippen LogP contribution >= 0.6 is 0 Å². The highest BCUT2D eigenvalue weighted by atomic mass is 19.1. The summed E-state index contributed by atoms with van der Waals surface area (Å²) in [6, 6.07) is 9.96. The fraction of sp³-hybridized carbons (Fsp3) is 0.222. The number of aryl methyl sites for hydroxylation is 1. The fourth-order valence-corrected chi connectivity index (χ4v) is 2.18. The van der Waals surface area contributed by atoms with E-state index in [2.05, 4.69) is 10.6 Å². The second-order valence-electron chi connectivity index (χ2n) is 5.74. The van der Waals surface area contributed by atoms with E-state index in [4.69, 9.17) is 0 Å². The molecule has 0 fully saturated rings. The highest BCUT2D eigenvalue weighted by Gasteiger charge is 2.12. The molecule has 0 saturated carbocycles. The number of hydrogen-bond acceptors (Lipinski definition) is 3. The van der Waals surface area contributed by atoms with Crippen LogP contribution in [0, 0.1) is 18.6 Å². The van der Waals surface area contributed by atoms with Crippen LogP contribution in [0.5, 0.6) is 0 Å². The summed E-state index contributed by atoms with van der Waals surface area (Å²) in [5, 5.41) is 5.12. The maximum atomic E-state index is 13.5. The zero-order chi connectivity index (χ0) is 18.4. The molecule has 0 unspecified atom stereocenters. The second-order valence-corrected chi connectivity index (χ2v) is 5.74. The zero-order valence-electron chi connectivity index (χ0n) is 14.0. The van der Waals surface area contributed by atoms with Crippen molar-refractivity contribution in [2.75, 3.05) is 30.8 Å². The summed E-state index contributed by atoms with van der Waals surface area (Å²) in [6.07, 6.45) is 0. The topological polar surface area (TPSA) is 61.4 Å². The van der Waals surface area contributed by atoms with Crippen LogP contribution in [0.1, 0.15) is 5.56 Å². The van der Waals surface area contributed by atoms with Crippen LogP contribution in [0.15, 0.2) is 42.5 Å². The molecule has 2 aromatic carbocycles. The molecule has 2 rings (SSSR count). The van der Waals surface area contributed by atoms with E-state index in [0.717, 1.165) is 0 Å². The maximum absolute atomic E-state index is 13.5. The molecule has 0 radical (unpaired) electrons. The van der Waals surface area contributed by atoms with Crippen molar-refractivity contribution in [1.82, 2.24) is 4.90 Å². The molecule has 0 spiro atoms. The Morgan fingerprint density at radius 3 is 2.12 bits per heavy atom. The minimum Gasteiger partial charge on any atom is -0.325 e. The van der Waals surface area contributed by atoms with E-state index in [-0.39, 0.29) is 24.9 Å². The van der Waals surface area contributed by atoms with Crippen LogP contribution in [0.3, 0.4) is 0 Å². The van der Waals surface area contributed by atoms with E-state index in [1.54, 1.807) is 32.2 Å². The average Bonchev–Trinajstić information content (AvgIpc) is 2.50. The number of amides is 2. The van der Waals surface area contributed by atoms with Gasteiger partial charge < -0.3 is 10.6 Å². The highest BCUT2D eigenvalue weighted by molar-refractivity contribution is 5.94. The predicted octanol–water partition coefficient (Wildman–Crippen LogP) is 2.78. The summed E-state index contributed by atoms with van der Waals surface area (Å²) in [4.78, 5) is 25.3. The van der Waals surface area contributed by atoms with Crippen molar-refractivity contribution in [1.29, 1.82) is 0 Å². The predicted molar refractivity (Wildman–Crippen MR) is 92.3 cm³/mol. The van der Waals surface area contributed by atoms with E-state index in [0.29, 0.717) is 16.9 Å². The molecular weight excluding hydrogens is 328 g/mol. The van der Waals surface area contributed by atoms with Crippen molar-refractivity contribution < 1.29 is 18.4 Å². The first kappa shape index (κ1) is 18.5. The van der Waals surface area contributed by atoms with Crippen molar-refractivity contribution in [3.63, 3.8) is 0 Å². The zero-order valence-corrected chi connectivity index (χ0v) is 14.0. The van der Waals surface area contributed by atoms with E-state index in [1.165, 1.54) is 29.2 Å². The van der Waals surface area contributed by atoms with Crippen molar-refractivity contribution in [3.05, 3.63) is 59.7 Å². The van der Waals surface area contributed by atoms with Gasteiger partial charge in [-0.25, -0.2) is 8.78 Å². The Morgan fingerprint density at radius 2 is 1.56 bits per heavy atom. The molecular formula is C18H19F2N3O2. The van der Waals surface area contributed by atoms with Crippen molar-refractivity contribution in [3.8, 4) is 0 Å². The molecule has 0 aliphatic carbocycles. The van der Waals surface area contributed by atoms with Gasteiger partial charge in [-0.3, -0.25) is 14.5 Å². The third-order valence-corrected chi connectivity index (χ3v) is 3.39. The normalized spacial score (nSPS) is 10.6. The number of likely N-dealkylation sites (N-methyl/N-ethyl adjacent to an activating group) is 1. The van der Waals surface area contributed by atoms with Gasteiger partial charge in [0.2, 0.25) is 11.8 Å². The summed E-state index contributed by atoms with van der Waals surface area (Å²) in [5.74, 6) is -1.59. The number of nitrogens with one attached hydrogen (secondary N) is 2. The van der Waals surface area contributed by atoms with Gasteiger partial charge in [0.15, 0.2) is 0 Å². The summed E-state index contributed by atoms with van der Waals surface area (Å²) in [6.45, 7) is 1.53. The Morgan fingerprint density at radius 1 is 0.960 bits per heavy atom. The van der Waals surface area contributed by atoms with Crippen LogP contribution in [0.4, 0.5) is 20.2 Å². The molecule has 0 aromatic heterocycles. The lowest BCUT2D eigenvalue weighted by atomic mass is 10.2. The van der Waals surface area contributed by atoms with Crippen molar-refractivity contribution in [2.24, 2.45) is 0 Å². The largest absolute Gasteiger partial charge is 0.325 e. The average molecular weight is 347 g/mol. The molecule has 0 heterocycles. The number of carbonyl (C=O) groups excluding carboxylic acids is 2. The van der Waals surface area contributed by atoms with Crippen molar-refractivity contribution in [2.45, 2.75) is 6.92 Å². The number of benzene rings is 2. The Balaban J connectivity index is 1.82. The Labute approximate surface area is 144 Å². The molecule has 0 aliphatic heterocycles. The molecule has 0 bridgehead atoms. The Hall–Kier alpha value is -2.80. The van der Waals surface area contributed by atoms with Gasteiger partial charge in [0.05, 0.1) is 13.1 Å². The molecule has 0 saturated heterocycles. The van der Waals surface area contributed by atoms with Gasteiger partial charge >= 0.3 is 0 Å². The summed E-state index contributed by atoms with van der Waals surface area (Å²) < 4.78 is 26.5. The molecule has 0 atom stereocenters. The van der Waals surface area contributed by atoms with Crippen LogP contribution in [0.25, 0.3) is 0 Å². The maximum Gasteiger partial charge on any atom is 0.238 e. The Kier molecular flexibility index (Phi) is 6.19. The van der Waals surface area contributed by atoms with E-state index >= 15 is 0 Å². The lowest BCUT2D eigenvalue weighted by Crippen LogP contribution is -2.36. The summed E-state index contributed by atoms with van der Waals surface area (Å²) in [5.41, 5.74) is 1.19. The third kappa shape index (κ3) is 5.96. The molecule has 0 aliphatic rings. The van der Waals surface area contributed by atoms with Gasteiger partial charge in [-0.2, -0.15) is 0 Å². The van der Waals surface area contributed by atoms with Crippen LogP contribution < -0.4 is 10.6 Å². The first-order chi connectivity index (χ1) is 11.8. The molecule has 2 amide bonds. The van der Waals surface area contributed by atoms with Crippen LogP contribution in [-0.2, 0) is 9.59 Å². The van der Waals surface area contributed by atoms with Crippen molar-refractivity contribution >= 4 is 23.2 Å². The van der Waals surface area contributed by atoms with Gasteiger partial charge in [-0.1, -0.05) is 12.1 Å². The standard InChI is InChI=1S/C18H19F2N3O2/c1-12-6-7-15(9-16(12)20)22-18(25)11-23(2)10-17(24)21-14-5-3-4-13(19)8-14/h3-9H,10-11H2,1-2H3,(H,21,24)(H,22,25). The smallest absolute Gasteiger partial charge is 0.238 e. The van der Waals surface area contributed by atoms with Gasteiger partial charge in [-0.05, 0) is 49.9 Å². The van der Waals surface area contributed by atoms with Gasteiger partial charge in [0.25, 0.3) is 0 Å². The summed E-state index contributed by atoms with van der Waals surface area (Å²) >= 11 is 0. The first-order valence-electron chi connectivity index (χ1n) is 7.63. The van der Waals surface area contributed by atoms with E-state index in [9.17, 15) is 18.4 Å². The van der Waals surface area contributed by atoms with Crippen LogP contribution in [-0.4, -0.2) is 36.9 Å². The molecule has 25 heavy (non-hydrogen) atoms. The van der Waals surface area contributed by atoms with Crippen LogP contribution in [0.2, 0.25) is 0 Å². The SMILES string of the molecule is Cc1ccc(NC(=O)CN(C)CC(=O)Nc2cccc(F)c2)cc1F. The molecule has 7 heteroatoms. The monoisotopic (exact) mass is 347 g/mol. The minimum atomic E-state index is -0.448. The third-order valence-electron chi connectivity index (χ3n) is 3.39. The molecule has 5 nitrogen and oxygen atoms in total. The van der Waals surface area contributed by atoms with Gasteiger partial charge in [0.1, 0.15) is 11.6 Å². The van der Waals surface area contributed by atoms with E-state index in [1.807, 2.05) is 0 Å². The number of nitrogens with zero attached hydrogens (tertiary/aromatic N) is 1. The summed E-state index contributed by atoms with van der Waals surface area (Å²) in [7, 11) is 1.60. The van der Waals surface area contributed by atoms with Gasteiger partial charge in [0, 0.05) is 11.4 Å². The number of anilines is 2. The second kappa shape index (κ2) is 8.34. The minimum absolute atomic E-state index is 0.0494. The number of halogens is 2. The number of hydrogen-bond donors (Lipinski definition) is 2. The first-order valence-corrected chi connectivity index (χ1v) is 7.63. The number of rotatable bonds is 6. The lowest BCUT2D eigenvalue weighted by molar-refractivity contribution is -0.119. The van der Waals surface area contributed by atoms with Gasteiger partial charge in [-0.15, -0.1) is 0 Å². The fourth-order valence-electron chi connectivity index (χ4n) is 2.18. The molecule has 2 aromatic rings.